The monoisotopic (exact) mass is 330 g/mol. The molecule has 0 amide bonds. The van der Waals surface area contributed by atoms with Gasteiger partial charge >= 0.3 is 65.2 Å². The van der Waals surface area contributed by atoms with Crippen molar-refractivity contribution in [1.82, 2.24) is 0 Å². The number of Topliss-reactive ketones (excluding diaryl/α,β-unsaturated/α-hetero) is 1. The fourth-order valence-electron chi connectivity index (χ4n) is 2.12. The molecule has 0 radical (unpaired) electrons. The van der Waals surface area contributed by atoms with E-state index >= 15 is 0 Å². The Morgan fingerprint density at radius 2 is 2.00 bits per heavy atom. The summed E-state index contributed by atoms with van der Waals surface area (Å²) in [5, 5.41) is 0. The van der Waals surface area contributed by atoms with E-state index in [9.17, 15) is 9.18 Å². The van der Waals surface area contributed by atoms with E-state index in [2.05, 4.69) is 13.8 Å². The zero-order chi connectivity index (χ0) is 17.4. The molecular weight excluding hydrogens is 308 g/mol. The molecule has 23 heavy (non-hydrogen) atoms. The van der Waals surface area contributed by atoms with Crippen LogP contribution in [0.25, 0.3) is 0 Å². The molecule has 0 saturated heterocycles. The summed E-state index contributed by atoms with van der Waals surface area (Å²) in [4.78, 5) is 11.3. The van der Waals surface area contributed by atoms with Crippen LogP contribution < -0.4 is 0 Å². The Morgan fingerprint density at radius 1 is 1.30 bits per heavy atom. The fourth-order valence-corrected chi connectivity index (χ4v) is 2.31. The van der Waals surface area contributed by atoms with E-state index in [-0.39, 0.29) is 11.6 Å². The molecule has 1 unspecified atom stereocenters. The van der Waals surface area contributed by atoms with E-state index in [4.69, 9.17) is 11.6 Å². The third-order valence-electron chi connectivity index (χ3n) is 3.80. The van der Waals surface area contributed by atoms with Crippen molar-refractivity contribution in [1.29, 1.82) is 0 Å². The number of carbonyl (C=O) groups is 1. The quantitative estimate of drug-likeness (QED) is 0.726. The molecule has 1 nitrogen and oxygen atoms in total. The van der Waals surface area contributed by atoms with Crippen LogP contribution >= 0.6 is 11.6 Å². The van der Waals surface area contributed by atoms with Crippen LogP contribution in [0, 0.1) is 18.7 Å². The topological polar surface area (TPSA) is 17.1 Å². The molecule has 2 rings (SSSR count). The van der Waals surface area contributed by atoms with Crippen LogP contribution in [-0.2, 0) is 6.42 Å². The standard InChI is InChI=1S/C12H17F.C6H5B2ClO/c1-4-9(2)7-11-5-6-12(13)8-10(11)3;1-4(10)5-2-6(9)8-3-7-5/h5-6,8-9H,4,7H2,1-3H3;2-3H,1H3. The molecule has 0 aliphatic heterocycles. The van der Waals surface area contributed by atoms with E-state index in [1.165, 1.54) is 18.9 Å². The molecule has 0 saturated carbocycles. The van der Waals surface area contributed by atoms with Crippen LogP contribution in [0.5, 0.6) is 0 Å². The number of ketones is 1. The van der Waals surface area contributed by atoms with Gasteiger partial charge in [0.25, 0.3) is 0 Å². The van der Waals surface area contributed by atoms with Crippen LogP contribution in [-0.4, -0.2) is 19.6 Å². The molecular formula is C18H22B2ClFO. The Kier molecular flexibility index (Phi) is 8.39. The minimum atomic E-state index is -0.134. The first-order chi connectivity index (χ1) is 10.8. The molecule has 0 bridgehead atoms. The molecule has 0 aliphatic carbocycles. The van der Waals surface area contributed by atoms with Gasteiger partial charge in [-0.2, -0.15) is 0 Å². The maximum absolute atomic E-state index is 12.8. The first kappa shape index (κ1) is 19.8. The zero-order valence-electron chi connectivity index (χ0n) is 14.2. The van der Waals surface area contributed by atoms with Gasteiger partial charge in [-0.05, 0) is 42.5 Å². The summed E-state index contributed by atoms with van der Waals surface area (Å²) in [6, 6.07) is 6.71. The summed E-state index contributed by atoms with van der Waals surface area (Å²) in [5.41, 5.74) is 3.00. The zero-order valence-corrected chi connectivity index (χ0v) is 15.0. The summed E-state index contributed by atoms with van der Waals surface area (Å²) in [6.45, 7) is 11.4. The van der Waals surface area contributed by atoms with E-state index in [0.29, 0.717) is 16.3 Å². The average Bonchev–Trinajstić information content (AvgIpc) is 2.50. The van der Waals surface area contributed by atoms with Crippen molar-refractivity contribution in [2.24, 2.45) is 5.92 Å². The number of hydrogen-bond donors (Lipinski definition) is 0. The van der Waals surface area contributed by atoms with Gasteiger partial charge in [-0.1, -0.05) is 26.3 Å². The molecule has 0 fully saturated rings. The van der Waals surface area contributed by atoms with Gasteiger partial charge in [0.15, 0.2) is 0 Å². The van der Waals surface area contributed by atoms with Crippen LogP contribution in [0.4, 0.5) is 4.39 Å². The van der Waals surface area contributed by atoms with E-state index in [1.54, 1.807) is 37.9 Å². The number of hydrogen-bond acceptors (Lipinski definition) is 1. The minimum absolute atomic E-state index is 0.0440. The molecule has 5 heteroatoms. The number of carbonyl (C=O) groups excluding carboxylic acids is 1. The molecule has 120 valence electrons. The summed E-state index contributed by atoms with van der Waals surface area (Å²) >= 11 is 5.64. The Morgan fingerprint density at radius 3 is 2.48 bits per heavy atom. The third-order valence-corrected chi connectivity index (χ3v) is 4.04. The van der Waals surface area contributed by atoms with Crippen LogP contribution in [0.3, 0.4) is 0 Å². The first-order valence-corrected chi connectivity index (χ1v) is 8.22. The van der Waals surface area contributed by atoms with Gasteiger partial charge in [0.2, 0.25) is 0 Å². The maximum Gasteiger partial charge on any atom is 0.123 e. The second kappa shape index (κ2) is 9.77. The fraction of sp³-hybridized carbons (Fsp3) is 0.389. The van der Waals surface area contributed by atoms with Crippen molar-refractivity contribution in [3.8, 4) is 0 Å². The Labute approximate surface area is 144 Å². The molecule has 0 N–H and O–H groups in total. The molecule has 1 heterocycles. The van der Waals surface area contributed by atoms with Crippen LogP contribution in [0.1, 0.15) is 48.6 Å². The van der Waals surface area contributed by atoms with Crippen molar-refractivity contribution in [2.45, 2.75) is 40.5 Å². The molecule has 1 aromatic carbocycles. The first-order valence-electron chi connectivity index (χ1n) is 7.85. The Hall–Kier alpha value is -1.28. The third kappa shape index (κ3) is 7.22. The summed E-state index contributed by atoms with van der Waals surface area (Å²) in [7, 11) is 0. The Balaban J connectivity index is 0.000000238. The second-order valence-corrected chi connectivity index (χ2v) is 6.29. The van der Waals surface area contributed by atoms with Crippen LogP contribution in [0.2, 0.25) is 4.92 Å². The van der Waals surface area contributed by atoms with Crippen molar-refractivity contribution in [3.05, 3.63) is 57.4 Å². The largest absolute Gasteiger partial charge is 0.207 e. The van der Waals surface area contributed by atoms with Gasteiger partial charge in [-0.25, -0.2) is 4.39 Å². The van der Waals surface area contributed by atoms with Gasteiger partial charge in [0.05, 0.1) is 0 Å². The van der Waals surface area contributed by atoms with Gasteiger partial charge in [-0.3, -0.25) is 0 Å². The minimum Gasteiger partial charge on any atom is -0.207 e. The van der Waals surface area contributed by atoms with Crippen molar-refractivity contribution in [2.75, 3.05) is 0 Å². The van der Waals surface area contributed by atoms with E-state index < -0.39 is 0 Å². The normalized spacial score (nSPS) is 11.0. The summed E-state index contributed by atoms with van der Waals surface area (Å²) in [5.74, 6) is 2.36. The SMILES string of the molecule is CC(=O)c1bcbc(Cl)c1.CCC(C)Cc1ccc(F)cc1C. The number of aryl methyl sites for hydroxylation is 1. The van der Waals surface area contributed by atoms with Gasteiger partial charge in [-0.15, -0.1) is 0 Å². The van der Waals surface area contributed by atoms with Crippen molar-refractivity contribution >= 4 is 31.2 Å². The molecule has 2 aromatic rings. The van der Waals surface area contributed by atoms with E-state index in [1.807, 2.05) is 13.0 Å². The number of rotatable bonds is 4. The molecule has 0 aliphatic rings. The molecule has 0 spiro atoms. The maximum atomic E-state index is 12.8. The van der Waals surface area contributed by atoms with Crippen molar-refractivity contribution in [3.63, 3.8) is 0 Å². The van der Waals surface area contributed by atoms with Crippen molar-refractivity contribution < 1.29 is 9.18 Å². The van der Waals surface area contributed by atoms with E-state index in [0.717, 1.165) is 12.0 Å². The number of halogens is 2. The second-order valence-electron chi connectivity index (χ2n) is 5.85. The molecule has 1 aromatic heterocycles. The van der Waals surface area contributed by atoms with Gasteiger partial charge in [0.1, 0.15) is 5.82 Å². The van der Waals surface area contributed by atoms with Gasteiger partial charge in [0, 0.05) is 0 Å². The predicted molar refractivity (Wildman–Crippen MR) is 98.4 cm³/mol. The summed E-state index contributed by atoms with van der Waals surface area (Å²) in [6.07, 6.45) is 2.24. The Bertz CT molecular complexity index is 661. The number of benzene rings is 1. The predicted octanol–water partition coefficient (Wildman–Crippen LogP) is 4.94. The van der Waals surface area contributed by atoms with Gasteiger partial charge < -0.3 is 0 Å². The molecule has 1 atom stereocenters. The summed E-state index contributed by atoms with van der Waals surface area (Å²) < 4.78 is 12.8. The smallest absolute Gasteiger partial charge is 0.123 e. The average molecular weight is 330 g/mol. The van der Waals surface area contributed by atoms with Crippen LogP contribution in [0.15, 0.2) is 30.1 Å².